The second-order valence-corrected chi connectivity index (χ2v) is 6.52. The van der Waals surface area contributed by atoms with Crippen LogP contribution in [0.25, 0.3) is 10.9 Å². The number of anilines is 1. The molecule has 136 valence electrons. The molecule has 0 atom stereocenters. The first kappa shape index (κ1) is 17.1. The molecule has 0 radical (unpaired) electrons. The highest BCUT2D eigenvalue weighted by molar-refractivity contribution is 6.04. The molecule has 2 aromatic carbocycles. The molecule has 1 aliphatic rings. The third kappa shape index (κ3) is 3.95. The van der Waals surface area contributed by atoms with Crippen LogP contribution in [0, 0.1) is 5.82 Å². The molecule has 0 bridgehead atoms. The second kappa shape index (κ2) is 7.15. The number of halogens is 1. The van der Waals surface area contributed by atoms with E-state index in [9.17, 15) is 14.0 Å². The maximum absolute atomic E-state index is 12.9. The van der Waals surface area contributed by atoms with Crippen LogP contribution in [0.1, 0.15) is 34.8 Å². The van der Waals surface area contributed by atoms with Gasteiger partial charge in [0, 0.05) is 22.7 Å². The summed E-state index contributed by atoms with van der Waals surface area (Å²) < 4.78 is 18.1. The molecule has 1 saturated carbocycles. The van der Waals surface area contributed by atoms with Crippen LogP contribution in [0.5, 0.6) is 0 Å². The molecule has 4 rings (SSSR count). The summed E-state index contributed by atoms with van der Waals surface area (Å²) in [6.07, 6.45) is 2.14. The van der Waals surface area contributed by atoms with E-state index < -0.39 is 24.3 Å². The van der Waals surface area contributed by atoms with E-state index in [0.717, 1.165) is 24.1 Å². The van der Waals surface area contributed by atoms with Crippen molar-refractivity contribution >= 4 is 28.5 Å². The van der Waals surface area contributed by atoms with Crippen LogP contribution >= 0.6 is 0 Å². The number of carbonyl (C=O) groups excluding carboxylic acids is 2. The molecule has 0 aliphatic heterocycles. The number of pyridine rings is 1. The third-order valence-corrected chi connectivity index (χ3v) is 4.41. The Morgan fingerprint density at radius 1 is 1.11 bits per heavy atom. The van der Waals surface area contributed by atoms with E-state index in [2.05, 4.69) is 10.3 Å². The number of hydrogen-bond acceptors (Lipinski definition) is 4. The number of aromatic nitrogens is 1. The van der Waals surface area contributed by atoms with Gasteiger partial charge in [-0.3, -0.25) is 9.78 Å². The summed E-state index contributed by atoms with van der Waals surface area (Å²) in [5.41, 5.74) is 2.47. The van der Waals surface area contributed by atoms with Crippen LogP contribution < -0.4 is 5.32 Å². The van der Waals surface area contributed by atoms with Crippen LogP contribution in [-0.2, 0) is 9.53 Å². The predicted octanol–water partition coefficient (Wildman–Crippen LogP) is 4.05. The second-order valence-electron chi connectivity index (χ2n) is 6.52. The maximum atomic E-state index is 12.9. The minimum atomic E-state index is -0.565. The third-order valence-electron chi connectivity index (χ3n) is 4.41. The van der Waals surface area contributed by atoms with Crippen LogP contribution in [0.3, 0.4) is 0 Å². The van der Waals surface area contributed by atoms with Gasteiger partial charge in [-0.05, 0) is 49.2 Å². The van der Waals surface area contributed by atoms with Crippen molar-refractivity contribution in [3.63, 3.8) is 0 Å². The number of carbonyl (C=O) groups is 2. The van der Waals surface area contributed by atoms with Gasteiger partial charge in [-0.15, -0.1) is 0 Å². The summed E-state index contributed by atoms with van der Waals surface area (Å²) in [6.45, 7) is -0.425. The number of benzene rings is 2. The number of amides is 1. The maximum Gasteiger partial charge on any atom is 0.339 e. The van der Waals surface area contributed by atoms with E-state index in [1.54, 1.807) is 6.07 Å². The summed E-state index contributed by atoms with van der Waals surface area (Å²) in [7, 11) is 0. The van der Waals surface area contributed by atoms with Crippen molar-refractivity contribution in [2.45, 2.75) is 18.8 Å². The van der Waals surface area contributed by atoms with E-state index in [4.69, 9.17) is 4.74 Å². The largest absolute Gasteiger partial charge is 0.452 e. The van der Waals surface area contributed by atoms with Gasteiger partial charge in [0.05, 0.1) is 11.1 Å². The lowest BCUT2D eigenvalue weighted by Crippen LogP contribution is -2.21. The number of fused-ring (bicyclic) bond motifs is 1. The van der Waals surface area contributed by atoms with Crippen molar-refractivity contribution in [2.75, 3.05) is 11.9 Å². The number of nitrogens with zero attached hydrogens (tertiary/aromatic N) is 1. The molecular weight excluding hydrogens is 347 g/mol. The van der Waals surface area contributed by atoms with E-state index in [1.165, 1.54) is 24.3 Å². The van der Waals surface area contributed by atoms with Crippen LogP contribution in [0.4, 0.5) is 10.1 Å². The highest BCUT2D eigenvalue weighted by Crippen LogP contribution is 2.40. The highest BCUT2D eigenvalue weighted by atomic mass is 19.1. The standard InChI is InChI=1S/C21H17FN2O3/c22-14-7-9-15(10-8-14)23-20(25)12-27-21(26)17-11-19(13-5-6-13)24-18-4-2-1-3-16(17)18/h1-4,7-11,13H,5-6,12H2,(H,23,25). The Labute approximate surface area is 155 Å². The minimum Gasteiger partial charge on any atom is -0.452 e. The zero-order chi connectivity index (χ0) is 18.8. The average molecular weight is 364 g/mol. The first-order valence-corrected chi connectivity index (χ1v) is 8.72. The molecule has 0 saturated heterocycles. The van der Waals surface area contributed by atoms with Crippen LogP contribution in [0.2, 0.25) is 0 Å². The van der Waals surface area contributed by atoms with Gasteiger partial charge in [0.1, 0.15) is 5.82 Å². The summed E-state index contributed by atoms with van der Waals surface area (Å²) in [5, 5.41) is 3.26. The topological polar surface area (TPSA) is 68.3 Å². The van der Waals surface area contributed by atoms with Crippen LogP contribution in [0.15, 0.2) is 54.6 Å². The van der Waals surface area contributed by atoms with Gasteiger partial charge in [-0.1, -0.05) is 18.2 Å². The van der Waals surface area contributed by atoms with E-state index in [1.807, 2.05) is 24.3 Å². The SMILES string of the molecule is O=C(COC(=O)c1cc(C2CC2)nc2ccccc12)Nc1ccc(F)cc1. The fourth-order valence-corrected chi connectivity index (χ4v) is 2.89. The molecular formula is C21H17FN2O3. The Bertz CT molecular complexity index is 1010. The first-order valence-electron chi connectivity index (χ1n) is 8.72. The number of hydrogen-bond donors (Lipinski definition) is 1. The van der Waals surface area contributed by atoms with Crippen molar-refractivity contribution in [2.24, 2.45) is 0 Å². The molecule has 1 fully saturated rings. The molecule has 27 heavy (non-hydrogen) atoms. The molecule has 0 spiro atoms. The number of rotatable bonds is 5. The fourth-order valence-electron chi connectivity index (χ4n) is 2.89. The van der Waals surface area contributed by atoms with E-state index in [0.29, 0.717) is 22.6 Å². The molecule has 1 aliphatic carbocycles. The quantitative estimate of drug-likeness (QED) is 0.694. The molecule has 0 unspecified atom stereocenters. The normalized spacial score (nSPS) is 13.4. The minimum absolute atomic E-state index is 0.392. The van der Waals surface area contributed by atoms with Gasteiger partial charge < -0.3 is 10.1 Å². The van der Waals surface area contributed by atoms with Crippen molar-refractivity contribution in [3.8, 4) is 0 Å². The molecule has 1 N–H and O–H groups in total. The van der Waals surface area contributed by atoms with Crippen molar-refractivity contribution < 1.29 is 18.7 Å². The first-order chi connectivity index (χ1) is 13.1. The highest BCUT2D eigenvalue weighted by Gasteiger charge is 2.27. The molecule has 5 nitrogen and oxygen atoms in total. The Kier molecular flexibility index (Phi) is 4.54. The zero-order valence-electron chi connectivity index (χ0n) is 14.4. The lowest BCUT2D eigenvalue weighted by Gasteiger charge is -2.10. The van der Waals surface area contributed by atoms with Crippen LogP contribution in [-0.4, -0.2) is 23.5 Å². The van der Waals surface area contributed by atoms with Gasteiger partial charge >= 0.3 is 5.97 Å². The lowest BCUT2D eigenvalue weighted by molar-refractivity contribution is -0.119. The smallest absolute Gasteiger partial charge is 0.339 e. The zero-order valence-corrected chi connectivity index (χ0v) is 14.4. The van der Waals surface area contributed by atoms with Gasteiger partial charge in [-0.25, -0.2) is 9.18 Å². The lowest BCUT2D eigenvalue weighted by atomic mass is 10.1. The van der Waals surface area contributed by atoms with Crippen molar-refractivity contribution in [1.29, 1.82) is 0 Å². The Morgan fingerprint density at radius 2 is 1.85 bits per heavy atom. The number of para-hydroxylation sites is 1. The number of esters is 1. The van der Waals surface area contributed by atoms with Gasteiger partial charge in [-0.2, -0.15) is 0 Å². The van der Waals surface area contributed by atoms with Crippen molar-refractivity contribution in [3.05, 3.63) is 71.7 Å². The Hall–Kier alpha value is -3.28. The summed E-state index contributed by atoms with van der Waals surface area (Å²) in [4.78, 5) is 29.2. The predicted molar refractivity (Wildman–Crippen MR) is 99.0 cm³/mol. The van der Waals surface area contributed by atoms with Gasteiger partial charge in [0.15, 0.2) is 6.61 Å². The summed E-state index contributed by atoms with van der Waals surface area (Å²) in [6, 6.07) is 14.5. The van der Waals surface area contributed by atoms with E-state index in [-0.39, 0.29) is 0 Å². The monoisotopic (exact) mass is 364 g/mol. The molecule has 1 heterocycles. The molecule has 3 aromatic rings. The number of nitrogens with one attached hydrogen (secondary N) is 1. The fraction of sp³-hybridized carbons (Fsp3) is 0.190. The Morgan fingerprint density at radius 3 is 2.59 bits per heavy atom. The summed E-state index contributed by atoms with van der Waals surface area (Å²) in [5.74, 6) is -1.06. The Balaban J connectivity index is 1.47. The average Bonchev–Trinajstić information content (AvgIpc) is 3.52. The van der Waals surface area contributed by atoms with Gasteiger partial charge in [0.2, 0.25) is 0 Å². The van der Waals surface area contributed by atoms with Crippen molar-refractivity contribution in [1.82, 2.24) is 4.98 Å². The molecule has 6 heteroatoms. The molecule has 1 aromatic heterocycles. The van der Waals surface area contributed by atoms with E-state index >= 15 is 0 Å². The molecule has 1 amide bonds. The summed E-state index contributed by atoms with van der Waals surface area (Å²) >= 11 is 0. The number of ether oxygens (including phenoxy) is 1. The van der Waals surface area contributed by atoms with Gasteiger partial charge in [0.25, 0.3) is 5.91 Å².